The molecule has 1 fully saturated rings. The van der Waals surface area contributed by atoms with Crippen molar-refractivity contribution in [3.05, 3.63) is 59.2 Å². The van der Waals surface area contributed by atoms with Gasteiger partial charge in [0.05, 0.1) is 0 Å². The van der Waals surface area contributed by atoms with Crippen LogP contribution >= 0.6 is 0 Å². The standard InChI is InChI=1S/C19H21F4N3O2S/c1-12(24-29(27,28)17-6-4-15(21)18(22)19(17)23)14-11-13(20)3-5-16(14)26-9-7-25(2)8-10-26/h3-6,11-12,24H,7-10H2,1-2H3. The van der Waals surface area contributed by atoms with Gasteiger partial charge in [0.15, 0.2) is 17.5 Å². The third-order valence-electron chi connectivity index (χ3n) is 4.92. The molecule has 0 aromatic heterocycles. The molecule has 3 rings (SSSR count). The average molecular weight is 431 g/mol. The highest BCUT2D eigenvalue weighted by atomic mass is 32.2. The number of piperazine rings is 1. The number of hydrogen-bond donors (Lipinski definition) is 1. The topological polar surface area (TPSA) is 52.7 Å². The Morgan fingerprint density at radius 1 is 0.966 bits per heavy atom. The fourth-order valence-electron chi connectivity index (χ4n) is 3.28. The fourth-order valence-corrected chi connectivity index (χ4v) is 4.58. The van der Waals surface area contributed by atoms with Crippen molar-refractivity contribution in [1.82, 2.24) is 9.62 Å². The van der Waals surface area contributed by atoms with Crippen LogP contribution in [-0.4, -0.2) is 46.5 Å². The third-order valence-corrected chi connectivity index (χ3v) is 6.48. The minimum absolute atomic E-state index is 0.362. The van der Waals surface area contributed by atoms with Gasteiger partial charge >= 0.3 is 0 Å². The molecule has 2 aromatic rings. The highest BCUT2D eigenvalue weighted by Crippen LogP contribution is 2.30. The molecule has 10 heteroatoms. The van der Waals surface area contributed by atoms with E-state index in [1.54, 1.807) is 6.07 Å². The minimum atomic E-state index is -4.53. The van der Waals surface area contributed by atoms with E-state index in [9.17, 15) is 26.0 Å². The first-order valence-electron chi connectivity index (χ1n) is 8.99. The maximum absolute atomic E-state index is 14.0. The zero-order valence-corrected chi connectivity index (χ0v) is 16.7. The summed E-state index contributed by atoms with van der Waals surface area (Å²) in [5.74, 6) is -5.72. The molecule has 0 radical (unpaired) electrons. The Hall–Kier alpha value is -2.17. The van der Waals surface area contributed by atoms with Gasteiger partial charge in [-0.1, -0.05) is 0 Å². The van der Waals surface area contributed by atoms with Gasteiger partial charge < -0.3 is 9.80 Å². The molecule has 5 nitrogen and oxygen atoms in total. The monoisotopic (exact) mass is 431 g/mol. The molecule has 158 valence electrons. The van der Waals surface area contributed by atoms with Crippen molar-refractivity contribution >= 4 is 15.7 Å². The summed E-state index contributed by atoms with van der Waals surface area (Å²) in [5.41, 5.74) is 1.02. The molecule has 1 heterocycles. The lowest BCUT2D eigenvalue weighted by Gasteiger charge is -2.36. The Labute approximate surface area is 167 Å². The van der Waals surface area contributed by atoms with Crippen LogP contribution in [0.5, 0.6) is 0 Å². The molecule has 1 saturated heterocycles. The van der Waals surface area contributed by atoms with E-state index in [-0.39, 0.29) is 0 Å². The van der Waals surface area contributed by atoms with Gasteiger partial charge in [-0.2, -0.15) is 0 Å². The van der Waals surface area contributed by atoms with E-state index in [2.05, 4.69) is 9.62 Å². The lowest BCUT2D eigenvalue weighted by molar-refractivity contribution is 0.312. The van der Waals surface area contributed by atoms with Crippen LogP contribution in [0.2, 0.25) is 0 Å². The van der Waals surface area contributed by atoms with E-state index in [0.29, 0.717) is 36.5 Å². The number of anilines is 1. The van der Waals surface area contributed by atoms with Crippen molar-refractivity contribution in [2.75, 3.05) is 38.1 Å². The second-order valence-electron chi connectivity index (χ2n) is 7.01. The zero-order valence-electron chi connectivity index (χ0n) is 15.9. The first-order valence-corrected chi connectivity index (χ1v) is 10.5. The van der Waals surface area contributed by atoms with E-state index in [1.165, 1.54) is 19.1 Å². The van der Waals surface area contributed by atoms with Crippen LogP contribution in [0.3, 0.4) is 0 Å². The van der Waals surface area contributed by atoms with Gasteiger partial charge in [-0.15, -0.1) is 0 Å². The van der Waals surface area contributed by atoms with Crippen molar-refractivity contribution in [1.29, 1.82) is 0 Å². The molecule has 0 saturated carbocycles. The highest BCUT2D eigenvalue weighted by Gasteiger charge is 2.28. The maximum atomic E-state index is 14.0. The van der Waals surface area contributed by atoms with Crippen molar-refractivity contribution in [2.45, 2.75) is 17.9 Å². The molecule has 1 unspecified atom stereocenters. The van der Waals surface area contributed by atoms with E-state index in [0.717, 1.165) is 13.1 Å². The molecule has 0 amide bonds. The summed E-state index contributed by atoms with van der Waals surface area (Å²) in [6.45, 7) is 4.40. The molecular weight excluding hydrogens is 410 g/mol. The number of likely N-dealkylation sites (N-methyl/N-ethyl adjacent to an activating group) is 1. The van der Waals surface area contributed by atoms with Crippen LogP contribution in [-0.2, 0) is 10.0 Å². The summed E-state index contributed by atoms with van der Waals surface area (Å²) in [6, 6.07) is 4.30. The normalized spacial score (nSPS) is 16.8. The number of nitrogens with zero attached hydrogens (tertiary/aromatic N) is 2. The summed E-state index contributed by atoms with van der Waals surface area (Å²) in [5, 5.41) is 0. The summed E-state index contributed by atoms with van der Waals surface area (Å²) in [4.78, 5) is 3.14. The molecule has 1 N–H and O–H groups in total. The highest BCUT2D eigenvalue weighted by molar-refractivity contribution is 7.89. The molecule has 1 atom stereocenters. The number of hydrogen-bond acceptors (Lipinski definition) is 4. The molecule has 0 bridgehead atoms. The van der Waals surface area contributed by atoms with Gasteiger partial charge in [0.2, 0.25) is 10.0 Å². The summed E-state index contributed by atoms with van der Waals surface area (Å²) in [7, 11) is -2.55. The summed E-state index contributed by atoms with van der Waals surface area (Å²) >= 11 is 0. The van der Waals surface area contributed by atoms with Crippen molar-refractivity contribution in [3.8, 4) is 0 Å². The Balaban J connectivity index is 1.92. The third kappa shape index (κ3) is 4.54. The van der Waals surface area contributed by atoms with Gasteiger partial charge in [-0.05, 0) is 49.9 Å². The fraction of sp³-hybridized carbons (Fsp3) is 0.368. The Kier molecular flexibility index (Phi) is 6.16. The van der Waals surface area contributed by atoms with Crippen LogP contribution in [0.15, 0.2) is 35.2 Å². The maximum Gasteiger partial charge on any atom is 0.244 e. The number of nitrogens with one attached hydrogen (secondary N) is 1. The quantitative estimate of drug-likeness (QED) is 0.584. The van der Waals surface area contributed by atoms with E-state index in [4.69, 9.17) is 0 Å². The summed E-state index contributed by atoms with van der Waals surface area (Å²) < 4.78 is 81.8. The number of benzene rings is 2. The molecule has 2 aromatic carbocycles. The molecular formula is C19H21F4N3O2S. The molecule has 0 aliphatic carbocycles. The Morgan fingerprint density at radius 2 is 1.62 bits per heavy atom. The SMILES string of the molecule is CC(NS(=O)(=O)c1ccc(F)c(F)c1F)c1cc(F)ccc1N1CCN(C)CC1. The zero-order chi connectivity index (χ0) is 21.3. The van der Waals surface area contributed by atoms with Crippen LogP contribution in [0.25, 0.3) is 0 Å². The lowest BCUT2D eigenvalue weighted by atomic mass is 10.0. The van der Waals surface area contributed by atoms with Crippen LogP contribution in [0.1, 0.15) is 18.5 Å². The lowest BCUT2D eigenvalue weighted by Crippen LogP contribution is -2.45. The predicted octanol–water partition coefficient (Wildman–Crippen LogP) is 3.03. The number of sulfonamides is 1. The molecule has 1 aliphatic heterocycles. The number of rotatable bonds is 5. The van der Waals surface area contributed by atoms with Gasteiger partial charge in [0.25, 0.3) is 0 Å². The van der Waals surface area contributed by atoms with Gasteiger partial charge in [0.1, 0.15) is 10.7 Å². The van der Waals surface area contributed by atoms with Crippen LogP contribution < -0.4 is 9.62 Å². The van der Waals surface area contributed by atoms with Crippen molar-refractivity contribution in [3.63, 3.8) is 0 Å². The van der Waals surface area contributed by atoms with Crippen LogP contribution in [0, 0.1) is 23.3 Å². The molecule has 29 heavy (non-hydrogen) atoms. The smallest absolute Gasteiger partial charge is 0.244 e. The van der Waals surface area contributed by atoms with Crippen LogP contribution in [0.4, 0.5) is 23.2 Å². The number of halogens is 4. The largest absolute Gasteiger partial charge is 0.369 e. The predicted molar refractivity (Wildman–Crippen MR) is 101 cm³/mol. The second-order valence-corrected chi connectivity index (χ2v) is 8.69. The second kappa shape index (κ2) is 8.29. The first kappa shape index (κ1) is 21.5. The van der Waals surface area contributed by atoms with Gasteiger partial charge in [-0.3, -0.25) is 0 Å². The molecule has 0 spiro atoms. The average Bonchev–Trinajstić information content (AvgIpc) is 2.66. The molecule has 1 aliphatic rings. The Morgan fingerprint density at radius 3 is 2.28 bits per heavy atom. The van der Waals surface area contributed by atoms with E-state index < -0.39 is 44.2 Å². The van der Waals surface area contributed by atoms with Crippen molar-refractivity contribution in [2.24, 2.45) is 0 Å². The first-order chi connectivity index (χ1) is 13.6. The Bertz CT molecular complexity index is 1010. The van der Waals surface area contributed by atoms with E-state index in [1.807, 2.05) is 11.9 Å². The van der Waals surface area contributed by atoms with Crippen molar-refractivity contribution < 1.29 is 26.0 Å². The van der Waals surface area contributed by atoms with Gasteiger partial charge in [0, 0.05) is 37.9 Å². The van der Waals surface area contributed by atoms with Gasteiger partial charge in [-0.25, -0.2) is 30.7 Å². The summed E-state index contributed by atoms with van der Waals surface area (Å²) in [6.07, 6.45) is 0. The minimum Gasteiger partial charge on any atom is -0.369 e. The van der Waals surface area contributed by atoms with E-state index >= 15 is 0 Å².